The molecule has 4 rings (SSSR count). The maximum absolute atomic E-state index is 13.6. The Morgan fingerprint density at radius 1 is 1.10 bits per heavy atom. The van der Waals surface area contributed by atoms with Gasteiger partial charge in [0.2, 0.25) is 5.95 Å². The minimum atomic E-state index is -4.67. The fraction of sp³-hybridized carbons (Fsp3) is 0.100. The number of benzene rings is 1. The van der Waals surface area contributed by atoms with E-state index in [1.807, 2.05) is 0 Å². The minimum Gasteiger partial charge on any atom is -0.478 e. The van der Waals surface area contributed by atoms with Crippen molar-refractivity contribution in [3.8, 4) is 11.4 Å². The fourth-order valence-corrected chi connectivity index (χ4v) is 2.96. The van der Waals surface area contributed by atoms with Gasteiger partial charge in [-0.2, -0.15) is 13.2 Å². The van der Waals surface area contributed by atoms with Crippen LogP contribution in [0.4, 0.5) is 24.8 Å². The molecule has 0 aliphatic heterocycles. The zero-order valence-corrected chi connectivity index (χ0v) is 15.5. The molecule has 0 saturated carbocycles. The monoisotopic (exact) mass is 413 g/mol. The summed E-state index contributed by atoms with van der Waals surface area (Å²) < 4.78 is 42.3. The van der Waals surface area contributed by atoms with Crippen LogP contribution in [0.2, 0.25) is 0 Å². The number of halogens is 3. The van der Waals surface area contributed by atoms with Gasteiger partial charge in [-0.25, -0.2) is 19.7 Å². The largest absolute Gasteiger partial charge is 0.478 e. The van der Waals surface area contributed by atoms with Crippen LogP contribution < -0.4 is 5.32 Å². The second kappa shape index (κ2) is 7.14. The smallest absolute Gasteiger partial charge is 0.435 e. The topological polar surface area (TPSA) is 92.4 Å². The Hall–Kier alpha value is -3.95. The number of hydrogen-bond acceptors (Lipinski definition) is 5. The molecular formula is C20H14F3N5O2. The van der Waals surface area contributed by atoms with Crippen LogP contribution in [0.15, 0.2) is 54.9 Å². The second-order valence-electron chi connectivity index (χ2n) is 6.51. The number of aryl methyl sites for hydroxylation is 1. The average molecular weight is 413 g/mol. The van der Waals surface area contributed by atoms with Crippen molar-refractivity contribution in [2.75, 3.05) is 5.32 Å². The highest BCUT2D eigenvalue weighted by Gasteiger charge is 2.38. The summed E-state index contributed by atoms with van der Waals surface area (Å²) in [5.41, 5.74) is 0.344. The predicted octanol–water partition coefficient (Wildman–Crippen LogP) is 4.56. The van der Waals surface area contributed by atoms with Gasteiger partial charge < -0.3 is 10.4 Å². The van der Waals surface area contributed by atoms with Crippen molar-refractivity contribution in [2.24, 2.45) is 0 Å². The number of pyridine rings is 1. The molecule has 0 aliphatic rings. The Labute approximate surface area is 167 Å². The lowest BCUT2D eigenvalue weighted by Crippen LogP contribution is -2.09. The predicted molar refractivity (Wildman–Crippen MR) is 103 cm³/mol. The number of alkyl halides is 3. The molecule has 152 valence electrons. The Bertz CT molecular complexity index is 1250. The van der Waals surface area contributed by atoms with Crippen LogP contribution in [0.25, 0.3) is 17.0 Å². The van der Waals surface area contributed by atoms with E-state index in [9.17, 15) is 18.0 Å². The van der Waals surface area contributed by atoms with Crippen LogP contribution in [0, 0.1) is 6.92 Å². The highest BCUT2D eigenvalue weighted by molar-refractivity contribution is 5.88. The van der Waals surface area contributed by atoms with E-state index in [0.717, 1.165) is 5.56 Å². The number of carboxylic acids is 1. The first-order valence-electron chi connectivity index (χ1n) is 8.72. The molecule has 0 radical (unpaired) electrons. The Kier molecular flexibility index (Phi) is 4.61. The molecule has 0 amide bonds. The molecule has 3 aromatic heterocycles. The molecular weight excluding hydrogens is 399 g/mol. The normalized spacial score (nSPS) is 11.6. The van der Waals surface area contributed by atoms with Crippen molar-refractivity contribution in [1.29, 1.82) is 0 Å². The Morgan fingerprint density at radius 3 is 2.50 bits per heavy atom. The molecule has 3 heterocycles. The van der Waals surface area contributed by atoms with Crippen LogP contribution in [0.3, 0.4) is 0 Å². The van der Waals surface area contributed by atoms with Gasteiger partial charge in [0.25, 0.3) is 0 Å². The number of carbonyl (C=O) groups is 1. The zero-order valence-electron chi connectivity index (χ0n) is 15.5. The lowest BCUT2D eigenvalue weighted by molar-refractivity contribution is -0.140. The third kappa shape index (κ3) is 3.66. The Morgan fingerprint density at radius 2 is 1.83 bits per heavy atom. The number of nitrogens with one attached hydrogen (secondary N) is 1. The van der Waals surface area contributed by atoms with E-state index in [2.05, 4.69) is 20.3 Å². The molecule has 1 aromatic carbocycles. The van der Waals surface area contributed by atoms with Gasteiger partial charge in [0.05, 0.1) is 11.3 Å². The molecule has 2 N–H and O–H groups in total. The van der Waals surface area contributed by atoms with Gasteiger partial charge in [0.15, 0.2) is 5.69 Å². The summed E-state index contributed by atoms with van der Waals surface area (Å²) in [7, 11) is 0. The van der Waals surface area contributed by atoms with Gasteiger partial charge >= 0.3 is 12.1 Å². The third-order valence-electron chi connectivity index (χ3n) is 4.34. The standard InChI is InChI=1S/C20H14F3N5O2/c1-11-7-9-28-15(10-11)27-17(20(21,22)23)16(28)14-6-8-24-19(26-14)25-13-4-2-12(3-5-13)18(29)30/h2-10H,1H3,(H,29,30)(H,24,25,26). The minimum absolute atomic E-state index is 0.0401. The van der Waals surface area contributed by atoms with Crippen LogP contribution in [-0.2, 0) is 6.18 Å². The average Bonchev–Trinajstić information content (AvgIpc) is 3.07. The van der Waals surface area contributed by atoms with E-state index >= 15 is 0 Å². The number of rotatable bonds is 4. The molecule has 0 atom stereocenters. The van der Waals surface area contributed by atoms with Gasteiger partial charge in [0, 0.05) is 18.1 Å². The molecule has 0 fully saturated rings. The number of aromatic carboxylic acids is 1. The van der Waals surface area contributed by atoms with Crippen LogP contribution >= 0.6 is 0 Å². The van der Waals surface area contributed by atoms with Crippen molar-refractivity contribution in [3.63, 3.8) is 0 Å². The number of fused-ring (bicyclic) bond motifs is 1. The zero-order chi connectivity index (χ0) is 21.5. The van der Waals surface area contributed by atoms with Crippen molar-refractivity contribution in [3.05, 3.63) is 71.7 Å². The van der Waals surface area contributed by atoms with Crippen molar-refractivity contribution < 1.29 is 23.1 Å². The number of aromatic nitrogens is 4. The molecule has 30 heavy (non-hydrogen) atoms. The first-order chi connectivity index (χ1) is 14.2. The molecule has 0 bridgehead atoms. The quantitative estimate of drug-likeness (QED) is 0.510. The fourth-order valence-electron chi connectivity index (χ4n) is 2.96. The maximum Gasteiger partial charge on any atom is 0.435 e. The molecule has 0 spiro atoms. The van der Waals surface area contributed by atoms with Gasteiger partial charge in [0.1, 0.15) is 11.3 Å². The molecule has 0 saturated heterocycles. The number of hydrogen-bond donors (Lipinski definition) is 2. The molecule has 10 heteroatoms. The van der Waals surface area contributed by atoms with Gasteiger partial charge in [-0.1, -0.05) is 0 Å². The van der Waals surface area contributed by atoms with Crippen molar-refractivity contribution >= 4 is 23.3 Å². The molecule has 0 unspecified atom stereocenters. The van der Waals surface area contributed by atoms with Gasteiger partial charge in [-0.15, -0.1) is 0 Å². The summed E-state index contributed by atoms with van der Waals surface area (Å²) in [6.45, 7) is 1.77. The molecule has 7 nitrogen and oxygen atoms in total. The second-order valence-corrected chi connectivity index (χ2v) is 6.51. The highest BCUT2D eigenvalue weighted by atomic mass is 19.4. The summed E-state index contributed by atoms with van der Waals surface area (Å²) in [4.78, 5) is 23.0. The first-order valence-corrected chi connectivity index (χ1v) is 8.72. The number of anilines is 2. The number of imidazole rings is 1. The summed E-state index contributed by atoms with van der Waals surface area (Å²) in [5.74, 6) is -1.01. The van der Waals surface area contributed by atoms with E-state index < -0.39 is 17.8 Å². The lowest BCUT2D eigenvalue weighted by Gasteiger charge is -2.10. The van der Waals surface area contributed by atoms with Crippen molar-refractivity contribution in [2.45, 2.75) is 13.1 Å². The Balaban J connectivity index is 1.77. The van der Waals surface area contributed by atoms with E-state index in [1.165, 1.54) is 47.1 Å². The van der Waals surface area contributed by atoms with Crippen LogP contribution in [0.1, 0.15) is 21.6 Å². The van der Waals surface area contributed by atoms with E-state index in [4.69, 9.17) is 5.11 Å². The summed E-state index contributed by atoms with van der Waals surface area (Å²) in [6, 6.07) is 10.4. The highest BCUT2D eigenvalue weighted by Crippen LogP contribution is 2.37. The SMILES string of the molecule is Cc1ccn2c(-c3ccnc(Nc4ccc(C(=O)O)cc4)n3)c(C(F)(F)F)nc2c1. The maximum atomic E-state index is 13.6. The third-order valence-corrected chi connectivity index (χ3v) is 4.34. The van der Waals surface area contributed by atoms with Gasteiger partial charge in [-0.05, 0) is 55.0 Å². The number of nitrogens with zero attached hydrogens (tertiary/aromatic N) is 4. The first kappa shape index (κ1) is 19.4. The molecule has 4 aromatic rings. The van der Waals surface area contributed by atoms with Crippen molar-refractivity contribution in [1.82, 2.24) is 19.4 Å². The van der Waals surface area contributed by atoms with Crippen LogP contribution in [-0.4, -0.2) is 30.4 Å². The lowest BCUT2D eigenvalue weighted by atomic mass is 10.2. The summed E-state index contributed by atoms with van der Waals surface area (Å²) >= 11 is 0. The van der Waals surface area contributed by atoms with Crippen LogP contribution in [0.5, 0.6) is 0 Å². The summed E-state index contributed by atoms with van der Waals surface area (Å²) in [6.07, 6.45) is -1.81. The van der Waals surface area contributed by atoms with E-state index in [0.29, 0.717) is 5.69 Å². The number of carboxylic acid groups (broad SMARTS) is 1. The van der Waals surface area contributed by atoms with E-state index in [1.54, 1.807) is 19.1 Å². The van der Waals surface area contributed by atoms with E-state index in [-0.39, 0.29) is 28.5 Å². The summed E-state index contributed by atoms with van der Waals surface area (Å²) in [5, 5.41) is 11.8. The molecule has 0 aliphatic carbocycles. The van der Waals surface area contributed by atoms with Gasteiger partial charge in [-0.3, -0.25) is 4.40 Å².